The molecule has 8 nitrogen and oxygen atoms in total. The minimum Gasteiger partial charge on any atom is -0.457 e. The number of likely N-dealkylation sites (N-methyl/N-ethyl adjacent to an activating group) is 1. The van der Waals surface area contributed by atoms with Crippen LogP contribution >= 0.6 is 7.82 Å². The van der Waals surface area contributed by atoms with Crippen molar-refractivity contribution >= 4 is 13.8 Å². The lowest BCUT2D eigenvalue weighted by molar-refractivity contribution is -0.870. The summed E-state index contributed by atoms with van der Waals surface area (Å²) < 4.78 is 35.0. The zero-order valence-corrected chi connectivity index (χ0v) is 38.8. The van der Waals surface area contributed by atoms with Gasteiger partial charge >= 0.3 is 13.8 Å². The molecule has 0 saturated carbocycles. The SMILES string of the molecule is CCCCCC/C=C\CCCCCCCC(=O)OC(COCCCCCCCCCCCCCCCCCCCCCCC)COP(=O)(O)OCC[N+](C)(C)C. The van der Waals surface area contributed by atoms with Crippen molar-refractivity contribution in [1.82, 2.24) is 0 Å². The molecule has 56 heavy (non-hydrogen) atoms. The number of nitrogens with zero attached hydrogens (tertiary/aromatic N) is 1. The third kappa shape index (κ3) is 44.3. The molecule has 0 aromatic rings. The van der Waals surface area contributed by atoms with Gasteiger partial charge < -0.3 is 18.9 Å². The molecule has 334 valence electrons. The first kappa shape index (κ1) is 55.2. The van der Waals surface area contributed by atoms with Gasteiger partial charge in [-0.1, -0.05) is 193 Å². The van der Waals surface area contributed by atoms with Crippen LogP contribution in [0, 0.1) is 0 Å². The van der Waals surface area contributed by atoms with E-state index >= 15 is 0 Å². The quantitative estimate of drug-likeness (QED) is 0.0215. The first-order valence-corrected chi connectivity index (χ1v) is 25.4. The van der Waals surface area contributed by atoms with Crippen LogP contribution in [0.2, 0.25) is 0 Å². The minimum absolute atomic E-state index is 0.0903. The molecule has 0 amide bonds. The Morgan fingerprint density at radius 3 is 1.38 bits per heavy atom. The Bertz CT molecular complexity index is 909. The molecule has 2 atom stereocenters. The average Bonchev–Trinajstić information content (AvgIpc) is 3.15. The Balaban J connectivity index is 4.10. The molecular weight excluding hydrogens is 721 g/mol. The summed E-state index contributed by atoms with van der Waals surface area (Å²) in [5.41, 5.74) is 0. The van der Waals surface area contributed by atoms with Crippen LogP contribution in [0.25, 0.3) is 0 Å². The molecule has 0 aliphatic heterocycles. The lowest BCUT2D eigenvalue weighted by Crippen LogP contribution is -2.37. The summed E-state index contributed by atoms with van der Waals surface area (Å²) in [7, 11) is 1.67. The standard InChI is InChI=1S/C47H94NO7P/c1-6-8-10-12-14-16-18-20-21-22-23-24-25-26-27-29-31-33-35-37-39-42-52-44-46(45-54-56(50,51)53-43-41-48(3,4)5)55-47(49)40-38-36-34-32-30-28-19-17-15-13-11-9-7-2/h17,19,46H,6-16,18,20-45H2,1-5H3/p+1/b19-17-. The minimum atomic E-state index is -4.27. The molecule has 0 bridgehead atoms. The molecule has 0 radical (unpaired) electrons. The molecule has 0 heterocycles. The van der Waals surface area contributed by atoms with Gasteiger partial charge in [0.15, 0.2) is 0 Å². The third-order valence-corrected chi connectivity index (χ3v) is 11.6. The molecule has 1 N–H and O–H groups in total. The number of rotatable bonds is 45. The Hall–Kier alpha value is -0.760. The molecule has 0 aromatic carbocycles. The number of quaternary nitrogens is 1. The van der Waals surface area contributed by atoms with Crippen molar-refractivity contribution in [2.75, 3.05) is 54.1 Å². The van der Waals surface area contributed by atoms with Gasteiger partial charge in [0.25, 0.3) is 0 Å². The van der Waals surface area contributed by atoms with Gasteiger partial charge in [0.2, 0.25) is 0 Å². The van der Waals surface area contributed by atoms with Gasteiger partial charge in [-0.2, -0.15) is 0 Å². The van der Waals surface area contributed by atoms with Crippen LogP contribution < -0.4 is 0 Å². The fraction of sp³-hybridized carbons (Fsp3) is 0.936. The monoisotopic (exact) mass is 817 g/mol. The number of hydrogen-bond acceptors (Lipinski definition) is 6. The number of phosphoric acid groups is 1. The summed E-state index contributed by atoms with van der Waals surface area (Å²) in [6.07, 6.45) is 45.4. The van der Waals surface area contributed by atoms with E-state index < -0.39 is 13.9 Å². The molecule has 0 fully saturated rings. The highest BCUT2D eigenvalue weighted by Gasteiger charge is 2.26. The van der Waals surface area contributed by atoms with Crippen molar-refractivity contribution in [3.8, 4) is 0 Å². The second kappa shape index (κ2) is 41.0. The molecule has 0 aliphatic rings. The number of carbonyl (C=O) groups is 1. The number of esters is 1. The predicted molar refractivity (Wildman–Crippen MR) is 238 cm³/mol. The summed E-state index contributed by atoms with van der Waals surface area (Å²) in [6.45, 7) is 5.64. The van der Waals surface area contributed by atoms with E-state index in [1.54, 1.807) is 0 Å². The highest BCUT2D eigenvalue weighted by atomic mass is 31.2. The first-order chi connectivity index (χ1) is 27.1. The molecular formula is C47H95NO7P+. The maximum atomic E-state index is 12.7. The van der Waals surface area contributed by atoms with Crippen LogP contribution in [0.5, 0.6) is 0 Å². The fourth-order valence-corrected chi connectivity index (χ4v) is 7.58. The van der Waals surface area contributed by atoms with Gasteiger partial charge in [0, 0.05) is 13.0 Å². The van der Waals surface area contributed by atoms with E-state index in [1.165, 1.54) is 167 Å². The zero-order chi connectivity index (χ0) is 41.3. The molecule has 2 unspecified atom stereocenters. The van der Waals surface area contributed by atoms with Gasteiger partial charge in [-0.05, 0) is 38.5 Å². The number of allylic oxidation sites excluding steroid dienone is 2. The highest BCUT2D eigenvalue weighted by Crippen LogP contribution is 2.43. The Morgan fingerprint density at radius 1 is 0.536 bits per heavy atom. The number of ether oxygens (including phenoxy) is 2. The summed E-state index contributed by atoms with van der Waals surface area (Å²) in [5.74, 6) is -0.319. The van der Waals surface area contributed by atoms with E-state index in [0.717, 1.165) is 38.5 Å². The third-order valence-electron chi connectivity index (χ3n) is 10.6. The molecule has 0 aliphatic carbocycles. The van der Waals surface area contributed by atoms with Crippen LogP contribution in [-0.2, 0) is 27.9 Å². The van der Waals surface area contributed by atoms with Crippen molar-refractivity contribution in [2.24, 2.45) is 0 Å². The predicted octanol–water partition coefficient (Wildman–Crippen LogP) is 14.2. The van der Waals surface area contributed by atoms with Crippen molar-refractivity contribution in [1.29, 1.82) is 0 Å². The second-order valence-corrected chi connectivity index (χ2v) is 19.0. The normalized spacial score (nSPS) is 13.8. The molecule has 0 rings (SSSR count). The van der Waals surface area contributed by atoms with E-state index in [1.807, 2.05) is 21.1 Å². The lowest BCUT2D eigenvalue weighted by atomic mass is 10.0. The maximum absolute atomic E-state index is 12.7. The van der Waals surface area contributed by atoms with E-state index in [4.69, 9.17) is 18.5 Å². The Labute approximate surface area is 348 Å². The van der Waals surface area contributed by atoms with Crippen molar-refractivity contribution in [3.05, 3.63) is 12.2 Å². The number of unbranched alkanes of at least 4 members (excludes halogenated alkanes) is 29. The fourth-order valence-electron chi connectivity index (χ4n) is 6.84. The Kier molecular flexibility index (Phi) is 40.4. The van der Waals surface area contributed by atoms with E-state index in [2.05, 4.69) is 26.0 Å². The molecule has 0 spiro atoms. The van der Waals surface area contributed by atoms with E-state index in [9.17, 15) is 14.3 Å². The number of carbonyl (C=O) groups excluding carboxylic acids is 1. The largest absolute Gasteiger partial charge is 0.472 e. The zero-order valence-electron chi connectivity index (χ0n) is 37.9. The molecule has 9 heteroatoms. The summed E-state index contributed by atoms with van der Waals surface area (Å²) in [4.78, 5) is 22.9. The van der Waals surface area contributed by atoms with Crippen molar-refractivity contribution < 1.29 is 37.3 Å². The van der Waals surface area contributed by atoms with Crippen LogP contribution in [-0.4, -0.2) is 75.6 Å². The number of hydrogen-bond donors (Lipinski definition) is 1. The van der Waals surface area contributed by atoms with Gasteiger partial charge in [0.1, 0.15) is 19.3 Å². The second-order valence-electron chi connectivity index (χ2n) is 17.5. The van der Waals surface area contributed by atoms with Gasteiger partial charge in [0.05, 0.1) is 34.4 Å². The lowest BCUT2D eigenvalue weighted by Gasteiger charge is -2.24. The topological polar surface area (TPSA) is 91.3 Å². The van der Waals surface area contributed by atoms with Gasteiger partial charge in [-0.25, -0.2) is 4.57 Å². The van der Waals surface area contributed by atoms with E-state index in [0.29, 0.717) is 24.1 Å². The van der Waals surface area contributed by atoms with Crippen LogP contribution in [0.4, 0.5) is 0 Å². The number of phosphoric ester groups is 1. The van der Waals surface area contributed by atoms with Crippen LogP contribution in [0.15, 0.2) is 12.2 Å². The van der Waals surface area contributed by atoms with Gasteiger partial charge in [-0.15, -0.1) is 0 Å². The highest BCUT2D eigenvalue weighted by molar-refractivity contribution is 7.47. The smallest absolute Gasteiger partial charge is 0.457 e. The molecule has 0 saturated heterocycles. The summed E-state index contributed by atoms with van der Waals surface area (Å²) in [6, 6.07) is 0. The molecule has 0 aromatic heterocycles. The summed E-state index contributed by atoms with van der Waals surface area (Å²) in [5, 5.41) is 0. The van der Waals surface area contributed by atoms with Crippen LogP contribution in [0.1, 0.15) is 226 Å². The van der Waals surface area contributed by atoms with Crippen molar-refractivity contribution in [2.45, 2.75) is 232 Å². The van der Waals surface area contributed by atoms with E-state index in [-0.39, 0.29) is 25.8 Å². The Morgan fingerprint density at radius 2 is 0.929 bits per heavy atom. The van der Waals surface area contributed by atoms with Crippen molar-refractivity contribution in [3.63, 3.8) is 0 Å². The van der Waals surface area contributed by atoms with Crippen LogP contribution in [0.3, 0.4) is 0 Å². The maximum Gasteiger partial charge on any atom is 0.472 e. The average molecular weight is 817 g/mol. The van der Waals surface area contributed by atoms with Gasteiger partial charge in [-0.3, -0.25) is 13.8 Å². The summed E-state index contributed by atoms with van der Waals surface area (Å²) >= 11 is 0. The first-order valence-electron chi connectivity index (χ1n) is 23.9.